The Bertz CT molecular complexity index is 386. The van der Waals surface area contributed by atoms with Crippen LogP contribution in [0.3, 0.4) is 0 Å². The van der Waals surface area contributed by atoms with Crippen LogP contribution in [-0.2, 0) is 4.74 Å². The molecule has 0 atom stereocenters. The van der Waals surface area contributed by atoms with Crippen LogP contribution in [0, 0.1) is 0 Å². The number of ketones is 1. The van der Waals surface area contributed by atoms with Crippen LogP contribution < -0.4 is 9.47 Å². The number of hydrogen-bond donors (Lipinski definition) is 1. The topological polar surface area (TPSA) is 65.0 Å². The Balaban J connectivity index is 3.11. The fourth-order valence-electron chi connectivity index (χ4n) is 1.30. The Morgan fingerprint density at radius 2 is 2.06 bits per heavy atom. The summed E-state index contributed by atoms with van der Waals surface area (Å²) in [5, 5.41) is 9.65. The van der Waals surface area contributed by atoms with E-state index in [4.69, 9.17) is 14.2 Å². The molecule has 0 saturated heterocycles. The standard InChI is InChI=1S/C11H14O5/c1-7(12)11-9(13)4-8(16-6-14-2)5-10(11)15-3/h4-5,13H,6H2,1-3H3. The molecule has 0 saturated carbocycles. The predicted molar refractivity (Wildman–Crippen MR) is 57.2 cm³/mol. The van der Waals surface area contributed by atoms with Crippen LogP contribution in [0.2, 0.25) is 0 Å². The zero-order chi connectivity index (χ0) is 12.1. The quantitative estimate of drug-likeness (QED) is 0.610. The maximum Gasteiger partial charge on any atom is 0.188 e. The van der Waals surface area contributed by atoms with Crippen molar-refractivity contribution in [2.75, 3.05) is 21.0 Å². The lowest BCUT2D eigenvalue weighted by Gasteiger charge is -2.11. The number of carbonyl (C=O) groups excluding carboxylic acids is 1. The van der Waals surface area contributed by atoms with Gasteiger partial charge in [0, 0.05) is 19.2 Å². The number of phenolic OH excluding ortho intramolecular Hbond substituents is 1. The summed E-state index contributed by atoms with van der Waals surface area (Å²) in [6, 6.07) is 2.87. The average molecular weight is 226 g/mol. The molecule has 0 aliphatic rings. The SMILES string of the molecule is COCOc1cc(O)c(C(C)=O)c(OC)c1. The van der Waals surface area contributed by atoms with Gasteiger partial charge in [-0.05, 0) is 6.92 Å². The molecule has 0 spiro atoms. The number of benzene rings is 1. The molecule has 1 N–H and O–H groups in total. The van der Waals surface area contributed by atoms with Crippen molar-refractivity contribution in [3.8, 4) is 17.2 Å². The number of hydrogen-bond acceptors (Lipinski definition) is 5. The summed E-state index contributed by atoms with van der Waals surface area (Å²) < 4.78 is 14.9. The van der Waals surface area contributed by atoms with Gasteiger partial charge in [-0.3, -0.25) is 4.79 Å². The maximum atomic E-state index is 11.3. The van der Waals surface area contributed by atoms with Gasteiger partial charge in [0.15, 0.2) is 12.6 Å². The highest BCUT2D eigenvalue weighted by Gasteiger charge is 2.15. The summed E-state index contributed by atoms with van der Waals surface area (Å²) >= 11 is 0. The second kappa shape index (κ2) is 5.37. The Kier molecular flexibility index (Phi) is 4.13. The first-order valence-corrected chi connectivity index (χ1v) is 4.63. The Morgan fingerprint density at radius 1 is 1.38 bits per heavy atom. The van der Waals surface area contributed by atoms with Crippen molar-refractivity contribution >= 4 is 5.78 Å². The van der Waals surface area contributed by atoms with Gasteiger partial charge in [-0.25, -0.2) is 0 Å². The van der Waals surface area contributed by atoms with Crippen LogP contribution >= 0.6 is 0 Å². The normalized spacial score (nSPS) is 9.94. The van der Waals surface area contributed by atoms with Crippen molar-refractivity contribution < 1.29 is 24.1 Å². The van der Waals surface area contributed by atoms with Gasteiger partial charge in [0.2, 0.25) is 0 Å². The fraction of sp³-hybridized carbons (Fsp3) is 0.364. The highest BCUT2D eigenvalue weighted by molar-refractivity contribution is 5.99. The van der Waals surface area contributed by atoms with Gasteiger partial charge in [-0.1, -0.05) is 0 Å². The van der Waals surface area contributed by atoms with Crippen molar-refractivity contribution in [3.05, 3.63) is 17.7 Å². The van der Waals surface area contributed by atoms with Crippen LogP contribution in [0.25, 0.3) is 0 Å². The molecule has 0 aliphatic heterocycles. The molecule has 0 heterocycles. The van der Waals surface area contributed by atoms with Crippen LogP contribution in [0.15, 0.2) is 12.1 Å². The monoisotopic (exact) mass is 226 g/mol. The third-order valence-electron chi connectivity index (χ3n) is 1.97. The van der Waals surface area contributed by atoms with Gasteiger partial charge in [-0.2, -0.15) is 0 Å². The maximum absolute atomic E-state index is 11.3. The molecule has 0 aliphatic carbocycles. The smallest absolute Gasteiger partial charge is 0.188 e. The van der Waals surface area contributed by atoms with E-state index in [0.717, 1.165) is 0 Å². The van der Waals surface area contributed by atoms with Gasteiger partial charge < -0.3 is 19.3 Å². The van der Waals surface area contributed by atoms with Crippen molar-refractivity contribution in [1.82, 2.24) is 0 Å². The molecule has 1 rings (SSSR count). The lowest BCUT2D eigenvalue weighted by atomic mass is 10.1. The first-order valence-electron chi connectivity index (χ1n) is 4.63. The highest BCUT2D eigenvalue weighted by atomic mass is 16.7. The molecular weight excluding hydrogens is 212 g/mol. The minimum atomic E-state index is -0.271. The number of phenols is 1. The van der Waals surface area contributed by atoms with E-state index in [2.05, 4.69) is 0 Å². The molecule has 5 nitrogen and oxygen atoms in total. The number of carbonyl (C=O) groups is 1. The van der Waals surface area contributed by atoms with E-state index >= 15 is 0 Å². The second-order valence-electron chi connectivity index (χ2n) is 3.13. The third-order valence-corrected chi connectivity index (χ3v) is 1.97. The molecular formula is C11H14O5. The van der Waals surface area contributed by atoms with Crippen molar-refractivity contribution in [2.45, 2.75) is 6.92 Å². The molecule has 1 aromatic carbocycles. The molecule has 0 aromatic heterocycles. The summed E-state index contributed by atoms with van der Waals surface area (Å²) in [4.78, 5) is 11.3. The molecule has 16 heavy (non-hydrogen) atoms. The van der Waals surface area contributed by atoms with Crippen LogP contribution in [-0.4, -0.2) is 31.9 Å². The molecule has 0 amide bonds. The molecule has 5 heteroatoms. The Hall–Kier alpha value is -1.75. The van der Waals surface area contributed by atoms with E-state index in [9.17, 15) is 9.90 Å². The largest absolute Gasteiger partial charge is 0.507 e. The number of Topliss-reactive ketones (excluding diaryl/α,β-unsaturated/α-hetero) is 1. The van der Waals surface area contributed by atoms with Gasteiger partial charge in [-0.15, -0.1) is 0 Å². The van der Waals surface area contributed by atoms with E-state index in [0.29, 0.717) is 5.75 Å². The Labute approximate surface area is 93.6 Å². The van der Waals surface area contributed by atoms with Crippen molar-refractivity contribution in [3.63, 3.8) is 0 Å². The molecule has 0 unspecified atom stereocenters. The van der Waals surface area contributed by atoms with Crippen molar-refractivity contribution in [1.29, 1.82) is 0 Å². The minimum absolute atomic E-state index is 0.0576. The predicted octanol–water partition coefficient (Wildman–Crippen LogP) is 1.59. The van der Waals surface area contributed by atoms with E-state index in [1.165, 1.54) is 33.3 Å². The molecule has 0 bridgehead atoms. The van der Waals surface area contributed by atoms with Crippen LogP contribution in [0.1, 0.15) is 17.3 Å². The van der Waals surface area contributed by atoms with Gasteiger partial charge in [0.1, 0.15) is 22.8 Å². The Morgan fingerprint density at radius 3 is 2.56 bits per heavy atom. The number of aromatic hydroxyl groups is 1. The summed E-state index contributed by atoms with van der Waals surface area (Å²) in [6.45, 7) is 1.41. The third kappa shape index (κ3) is 2.64. The van der Waals surface area contributed by atoms with Gasteiger partial charge in [0.05, 0.1) is 7.11 Å². The minimum Gasteiger partial charge on any atom is -0.507 e. The summed E-state index contributed by atoms with van der Waals surface area (Å²) in [7, 11) is 2.91. The zero-order valence-electron chi connectivity index (χ0n) is 9.44. The molecule has 88 valence electrons. The van der Waals surface area contributed by atoms with Crippen LogP contribution in [0.5, 0.6) is 17.2 Å². The van der Waals surface area contributed by atoms with E-state index in [-0.39, 0.29) is 29.6 Å². The first-order chi connectivity index (χ1) is 7.60. The number of methoxy groups -OCH3 is 2. The number of ether oxygens (including phenoxy) is 3. The van der Waals surface area contributed by atoms with E-state index < -0.39 is 0 Å². The average Bonchev–Trinajstić information content (AvgIpc) is 2.24. The lowest BCUT2D eigenvalue weighted by Crippen LogP contribution is -2.02. The highest BCUT2D eigenvalue weighted by Crippen LogP contribution is 2.33. The van der Waals surface area contributed by atoms with Crippen molar-refractivity contribution in [2.24, 2.45) is 0 Å². The van der Waals surface area contributed by atoms with Crippen LogP contribution in [0.4, 0.5) is 0 Å². The second-order valence-corrected chi connectivity index (χ2v) is 3.13. The van der Waals surface area contributed by atoms with Gasteiger partial charge in [0.25, 0.3) is 0 Å². The number of rotatable bonds is 5. The first kappa shape index (κ1) is 12.3. The van der Waals surface area contributed by atoms with E-state index in [1.54, 1.807) is 0 Å². The molecule has 1 aromatic rings. The summed E-state index contributed by atoms with van der Waals surface area (Å²) in [5.41, 5.74) is 0.146. The fourth-order valence-corrected chi connectivity index (χ4v) is 1.30. The molecule has 0 fully saturated rings. The van der Waals surface area contributed by atoms with E-state index in [1.807, 2.05) is 0 Å². The lowest BCUT2D eigenvalue weighted by molar-refractivity contribution is 0.0508. The zero-order valence-corrected chi connectivity index (χ0v) is 9.44. The van der Waals surface area contributed by atoms with Gasteiger partial charge >= 0.3 is 0 Å². The molecule has 0 radical (unpaired) electrons. The summed E-state index contributed by atoms with van der Waals surface area (Å²) in [6.07, 6.45) is 0. The summed E-state index contributed by atoms with van der Waals surface area (Å²) in [5.74, 6) is 0.213.